The number of nitriles is 1. The van der Waals surface area contributed by atoms with E-state index in [1.807, 2.05) is 12.3 Å². The average Bonchev–Trinajstić information content (AvgIpc) is 2.48. The monoisotopic (exact) mass is 288 g/mol. The van der Waals surface area contributed by atoms with E-state index in [4.69, 9.17) is 5.26 Å². The van der Waals surface area contributed by atoms with Crippen molar-refractivity contribution >= 4 is 5.82 Å². The first-order valence-electron chi connectivity index (χ1n) is 7.90. The Morgan fingerprint density at radius 3 is 2.76 bits per heavy atom. The second-order valence-corrected chi connectivity index (χ2v) is 5.84. The maximum absolute atomic E-state index is 8.88. The van der Waals surface area contributed by atoms with E-state index >= 15 is 0 Å². The molecule has 21 heavy (non-hydrogen) atoms. The van der Waals surface area contributed by atoms with Gasteiger partial charge >= 0.3 is 0 Å². The normalized spacial score (nSPS) is 12.2. The Labute approximate surface area is 129 Å². The summed E-state index contributed by atoms with van der Waals surface area (Å²) in [5.41, 5.74) is 1.21. The molecule has 1 aromatic rings. The molecule has 0 aliphatic rings. The zero-order valence-electron chi connectivity index (χ0n) is 13.8. The number of aromatic nitrogens is 1. The van der Waals surface area contributed by atoms with Crippen molar-refractivity contribution in [2.45, 2.75) is 46.6 Å². The SMILES string of the molecule is CCCNC(C)c1cccnc1N(CCC#N)CC(C)C. The largest absolute Gasteiger partial charge is 0.355 e. The zero-order valence-corrected chi connectivity index (χ0v) is 13.8. The fourth-order valence-electron chi connectivity index (χ4n) is 2.39. The first-order chi connectivity index (χ1) is 10.1. The summed E-state index contributed by atoms with van der Waals surface area (Å²) in [6.45, 7) is 11.4. The van der Waals surface area contributed by atoms with Crippen LogP contribution in [0.2, 0.25) is 0 Å². The molecule has 0 amide bonds. The summed E-state index contributed by atoms with van der Waals surface area (Å²) in [6.07, 6.45) is 3.48. The second kappa shape index (κ2) is 9.36. The lowest BCUT2D eigenvalue weighted by atomic mass is 10.1. The number of nitrogens with one attached hydrogen (secondary N) is 1. The van der Waals surface area contributed by atoms with Gasteiger partial charge in [0.15, 0.2) is 0 Å². The Kier molecular flexibility index (Phi) is 7.78. The number of anilines is 1. The first-order valence-corrected chi connectivity index (χ1v) is 7.90. The van der Waals surface area contributed by atoms with Crippen molar-refractivity contribution in [3.63, 3.8) is 0 Å². The standard InChI is InChI=1S/C17H28N4/c1-5-10-19-15(4)16-8-6-11-20-17(16)21(12-7-9-18)13-14(2)3/h6,8,11,14-15,19H,5,7,10,12-13H2,1-4H3. The lowest BCUT2D eigenvalue weighted by molar-refractivity contribution is 0.560. The van der Waals surface area contributed by atoms with E-state index in [1.54, 1.807) is 0 Å². The number of nitrogens with zero attached hydrogens (tertiary/aromatic N) is 3. The van der Waals surface area contributed by atoms with Crippen LogP contribution in [0.3, 0.4) is 0 Å². The Balaban J connectivity index is 2.98. The van der Waals surface area contributed by atoms with Gasteiger partial charge in [-0.25, -0.2) is 4.98 Å². The van der Waals surface area contributed by atoms with E-state index in [0.29, 0.717) is 12.3 Å². The molecule has 4 nitrogen and oxygen atoms in total. The van der Waals surface area contributed by atoms with Gasteiger partial charge in [-0.15, -0.1) is 0 Å². The number of rotatable bonds is 9. The third-order valence-corrected chi connectivity index (χ3v) is 3.36. The Morgan fingerprint density at radius 1 is 1.38 bits per heavy atom. The van der Waals surface area contributed by atoms with E-state index < -0.39 is 0 Å². The Hall–Kier alpha value is -1.60. The summed E-state index contributed by atoms with van der Waals surface area (Å²) < 4.78 is 0. The molecule has 0 aromatic carbocycles. The number of hydrogen-bond donors (Lipinski definition) is 1. The van der Waals surface area contributed by atoms with Gasteiger partial charge in [-0.05, 0) is 31.9 Å². The van der Waals surface area contributed by atoms with Gasteiger partial charge < -0.3 is 10.2 Å². The zero-order chi connectivity index (χ0) is 15.7. The van der Waals surface area contributed by atoms with Crippen LogP contribution in [-0.4, -0.2) is 24.6 Å². The molecule has 0 spiro atoms. The summed E-state index contributed by atoms with van der Waals surface area (Å²) in [4.78, 5) is 6.83. The van der Waals surface area contributed by atoms with E-state index in [9.17, 15) is 0 Å². The molecule has 0 aliphatic heterocycles. The predicted molar refractivity (Wildman–Crippen MR) is 88.2 cm³/mol. The van der Waals surface area contributed by atoms with Gasteiger partial charge in [0, 0.05) is 30.9 Å². The van der Waals surface area contributed by atoms with Crippen molar-refractivity contribution in [3.05, 3.63) is 23.9 Å². The van der Waals surface area contributed by atoms with Crippen LogP contribution in [-0.2, 0) is 0 Å². The number of pyridine rings is 1. The van der Waals surface area contributed by atoms with Crippen LogP contribution in [0.25, 0.3) is 0 Å². The molecule has 1 atom stereocenters. The van der Waals surface area contributed by atoms with Crippen LogP contribution in [0.4, 0.5) is 5.82 Å². The lowest BCUT2D eigenvalue weighted by Crippen LogP contribution is -2.32. The van der Waals surface area contributed by atoms with Crippen molar-refractivity contribution in [2.24, 2.45) is 5.92 Å². The molecular weight excluding hydrogens is 260 g/mol. The minimum Gasteiger partial charge on any atom is -0.355 e. The van der Waals surface area contributed by atoms with Crippen molar-refractivity contribution in [3.8, 4) is 6.07 Å². The molecule has 0 aliphatic carbocycles. The maximum atomic E-state index is 8.88. The molecule has 116 valence electrons. The summed E-state index contributed by atoms with van der Waals surface area (Å²) in [5, 5.41) is 12.4. The quantitative estimate of drug-likeness (QED) is 0.755. The fraction of sp³-hybridized carbons (Fsp3) is 0.647. The van der Waals surface area contributed by atoms with E-state index in [2.05, 4.69) is 55.0 Å². The van der Waals surface area contributed by atoms with Crippen LogP contribution in [0.5, 0.6) is 0 Å². The maximum Gasteiger partial charge on any atom is 0.133 e. The molecule has 1 heterocycles. The van der Waals surface area contributed by atoms with E-state index in [0.717, 1.165) is 31.9 Å². The van der Waals surface area contributed by atoms with Gasteiger partial charge in [-0.1, -0.05) is 26.8 Å². The van der Waals surface area contributed by atoms with Crippen molar-refractivity contribution in [1.82, 2.24) is 10.3 Å². The average molecular weight is 288 g/mol. The smallest absolute Gasteiger partial charge is 0.133 e. The molecule has 0 saturated heterocycles. The molecule has 1 unspecified atom stereocenters. The van der Waals surface area contributed by atoms with Gasteiger partial charge in [-0.2, -0.15) is 5.26 Å². The topological polar surface area (TPSA) is 52.0 Å². The molecular formula is C17H28N4. The highest BCUT2D eigenvalue weighted by atomic mass is 15.2. The predicted octanol–water partition coefficient (Wildman–Crippen LogP) is 3.52. The van der Waals surface area contributed by atoms with Crippen molar-refractivity contribution in [2.75, 3.05) is 24.5 Å². The fourth-order valence-corrected chi connectivity index (χ4v) is 2.39. The highest BCUT2D eigenvalue weighted by Crippen LogP contribution is 2.24. The van der Waals surface area contributed by atoms with Gasteiger partial charge in [0.05, 0.1) is 12.5 Å². The van der Waals surface area contributed by atoms with Crippen molar-refractivity contribution < 1.29 is 0 Å². The molecule has 4 heteroatoms. The minimum absolute atomic E-state index is 0.269. The number of hydrogen-bond acceptors (Lipinski definition) is 4. The highest BCUT2D eigenvalue weighted by Gasteiger charge is 2.17. The van der Waals surface area contributed by atoms with Crippen LogP contribution in [0.15, 0.2) is 18.3 Å². The van der Waals surface area contributed by atoms with Crippen LogP contribution >= 0.6 is 0 Å². The molecule has 1 aromatic heterocycles. The van der Waals surface area contributed by atoms with Crippen molar-refractivity contribution in [1.29, 1.82) is 5.26 Å². The van der Waals surface area contributed by atoms with Crippen LogP contribution in [0.1, 0.15) is 52.1 Å². The Bertz CT molecular complexity index is 450. The summed E-state index contributed by atoms with van der Waals surface area (Å²) in [7, 11) is 0. The Morgan fingerprint density at radius 2 is 2.14 bits per heavy atom. The lowest BCUT2D eigenvalue weighted by Gasteiger charge is -2.28. The van der Waals surface area contributed by atoms with Gasteiger partial charge in [0.2, 0.25) is 0 Å². The second-order valence-electron chi connectivity index (χ2n) is 5.84. The third-order valence-electron chi connectivity index (χ3n) is 3.36. The van der Waals surface area contributed by atoms with Crippen LogP contribution < -0.4 is 10.2 Å². The third kappa shape index (κ3) is 5.73. The molecule has 0 bridgehead atoms. The molecule has 0 fully saturated rings. The minimum atomic E-state index is 0.269. The molecule has 0 radical (unpaired) electrons. The molecule has 1 N–H and O–H groups in total. The van der Waals surface area contributed by atoms with E-state index in [1.165, 1.54) is 5.56 Å². The summed E-state index contributed by atoms with van der Waals surface area (Å²) in [6, 6.07) is 6.63. The molecule has 1 rings (SSSR count). The first kappa shape index (κ1) is 17.5. The summed E-state index contributed by atoms with van der Waals surface area (Å²) in [5.74, 6) is 1.55. The highest BCUT2D eigenvalue weighted by molar-refractivity contribution is 5.48. The van der Waals surface area contributed by atoms with E-state index in [-0.39, 0.29) is 6.04 Å². The van der Waals surface area contributed by atoms with Gasteiger partial charge in [-0.3, -0.25) is 0 Å². The molecule has 0 saturated carbocycles. The van der Waals surface area contributed by atoms with Gasteiger partial charge in [0.1, 0.15) is 5.82 Å². The van der Waals surface area contributed by atoms with Crippen LogP contribution in [0, 0.1) is 17.2 Å². The van der Waals surface area contributed by atoms with Gasteiger partial charge in [0.25, 0.3) is 0 Å². The summed E-state index contributed by atoms with van der Waals surface area (Å²) >= 11 is 0.